The summed E-state index contributed by atoms with van der Waals surface area (Å²) in [5, 5.41) is 10.4. The third-order valence-electron chi connectivity index (χ3n) is 1.90. The van der Waals surface area contributed by atoms with Crippen molar-refractivity contribution >= 4 is 34.2 Å². The van der Waals surface area contributed by atoms with E-state index in [4.69, 9.17) is 4.74 Å². The Labute approximate surface area is 106 Å². The van der Waals surface area contributed by atoms with Crippen LogP contribution in [0.5, 0.6) is 0 Å². The van der Waals surface area contributed by atoms with Crippen molar-refractivity contribution < 1.29 is 14.5 Å². The summed E-state index contributed by atoms with van der Waals surface area (Å²) < 4.78 is 4.86. The number of alkyl halides is 1. The van der Waals surface area contributed by atoms with Gasteiger partial charge in [-0.15, -0.1) is 0 Å². The van der Waals surface area contributed by atoms with Gasteiger partial charge in [-0.25, -0.2) is 0 Å². The number of hydrogen-bond acceptors (Lipinski definition) is 4. The van der Waals surface area contributed by atoms with Gasteiger partial charge in [0.2, 0.25) is 0 Å². The van der Waals surface area contributed by atoms with Gasteiger partial charge in [-0.2, -0.15) is 0 Å². The molecule has 0 bridgehead atoms. The van der Waals surface area contributed by atoms with E-state index in [0.29, 0.717) is 0 Å². The minimum absolute atomic E-state index is 0.00213. The lowest BCUT2D eigenvalue weighted by molar-refractivity contribution is -0.384. The van der Waals surface area contributed by atoms with Crippen molar-refractivity contribution in [3.8, 4) is 0 Å². The van der Waals surface area contributed by atoms with Gasteiger partial charge in [0, 0.05) is 19.1 Å². The van der Waals surface area contributed by atoms with Gasteiger partial charge >= 0.3 is 5.97 Å². The smallest absolute Gasteiger partial charge is 0.302 e. The quantitative estimate of drug-likeness (QED) is 0.279. The maximum absolute atomic E-state index is 10.6. The molecule has 16 heavy (non-hydrogen) atoms. The summed E-state index contributed by atoms with van der Waals surface area (Å²) in [7, 11) is 0. The molecule has 1 aromatic rings. The standard InChI is InChI=1S/C10H10INO4/c1-7(13)16-6-10(11)8-2-4-9(5-3-8)12(14)15/h2-5,10H,6H2,1H3. The molecule has 0 saturated heterocycles. The summed E-state index contributed by atoms with van der Waals surface area (Å²) in [5.41, 5.74) is 0.951. The van der Waals surface area contributed by atoms with Crippen LogP contribution in [0.2, 0.25) is 0 Å². The van der Waals surface area contributed by atoms with Crippen LogP contribution in [0.3, 0.4) is 0 Å². The number of hydrogen-bond donors (Lipinski definition) is 0. The average molecular weight is 335 g/mol. The minimum atomic E-state index is -0.446. The van der Waals surface area contributed by atoms with E-state index in [-0.39, 0.29) is 22.2 Å². The molecule has 1 aromatic carbocycles. The molecule has 86 valence electrons. The van der Waals surface area contributed by atoms with Crippen molar-refractivity contribution in [2.24, 2.45) is 0 Å². The lowest BCUT2D eigenvalue weighted by Gasteiger charge is -2.09. The van der Waals surface area contributed by atoms with Gasteiger partial charge in [-0.05, 0) is 5.56 Å². The predicted octanol–water partition coefficient (Wildman–Crippen LogP) is 2.63. The van der Waals surface area contributed by atoms with E-state index in [1.165, 1.54) is 19.1 Å². The Balaban J connectivity index is 2.66. The van der Waals surface area contributed by atoms with Crippen molar-refractivity contribution in [1.82, 2.24) is 0 Å². The number of esters is 1. The van der Waals surface area contributed by atoms with E-state index >= 15 is 0 Å². The first-order chi connectivity index (χ1) is 7.50. The second kappa shape index (κ2) is 5.78. The molecule has 0 saturated carbocycles. The Kier molecular flexibility index (Phi) is 4.66. The maximum atomic E-state index is 10.6. The summed E-state index contributed by atoms with van der Waals surface area (Å²) in [4.78, 5) is 20.6. The van der Waals surface area contributed by atoms with Crippen molar-refractivity contribution in [3.63, 3.8) is 0 Å². The number of nitro benzene ring substituents is 1. The molecule has 0 radical (unpaired) electrons. The van der Waals surface area contributed by atoms with Gasteiger partial charge in [-0.1, -0.05) is 34.7 Å². The molecule has 0 aliphatic rings. The Hall–Kier alpha value is -1.18. The van der Waals surface area contributed by atoms with Gasteiger partial charge in [0.05, 0.1) is 8.85 Å². The molecule has 0 N–H and O–H groups in total. The lowest BCUT2D eigenvalue weighted by Crippen LogP contribution is -2.05. The van der Waals surface area contributed by atoms with Gasteiger partial charge in [0.25, 0.3) is 5.69 Å². The van der Waals surface area contributed by atoms with Crippen LogP contribution in [-0.2, 0) is 9.53 Å². The van der Waals surface area contributed by atoms with Crippen LogP contribution in [0.15, 0.2) is 24.3 Å². The number of non-ortho nitro benzene ring substituents is 1. The van der Waals surface area contributed by atoms with E-state index in [0.717, 1.165) is 5.56 Å². The molecule has 1 rings (SSSR count). The first kappa shape index (κ1) is 12.9. The fourth-order valence-electron chi connectivity index (χ4n) is 1.09. The molecule has 0 aromatic heterocycles. The van der Waals surface area contributed by atoms with Crippen LogP contribution in [-0.4, -0.2) is 17.5 Å². The third kappa shape index (κ3) is 3.76. The zero-order valence-electron chi connectivity index (χ0n) is 8.55. The van der Waals surface area contributed by atoms with Crippen LogP contribution in [0, 0.1) is 10.1 Å². The summed E-state index contributed by atoms with van der Waals surface area (Å²) >= 11 is 2.12. The van der Waals surface area contributed by atoms with Crippen molar-refractivity contribution in [2.75, 3.05) is 6.61 Å². The normalized spacial score (nSPS) is 11.9. The molecule has 0 aliphatic carbocycles. The van der Waals surface area contributed by atoms with Crippen LogP contribution < -0.4 is 0 Å². The second-order valence-electron chi connectivity index (χ2n) is 3.12. The monoisotopic (exact) mass is 335 g/mol. The van der Waals surface area contributed by atoms with E-state index in [1.54, 1.807) is 12.1 Å². The highest BCUT2D eigenvalue weighted by molar-refractivity contribution is 14.1. The summed E-state index contributed by atoms with van der Waals surface area (Å²) in [6, 6.07) is 6.21. The number of halogens is 1. The fraction of sp³-hybridized carbons (Fsp3) is 0.300. The number of nitrogens with zero attached hydrogens (tertiary/aromatic N) is 1. The molecule has 0 aliphatic heterocycles. The number of carbonyl (C=O) groups excluding carboxylic acids is 1. The van der Waals surface area contributed by atoms with Crippen LogP contribution >= 0.6 is 22.6 Å². The molecular formula is C10H10INO4. The largest absolute Gasteiger partial charge is 0.464 e. The van der Waals surface area contributed by atoms with Crippen molar-refractivity contribution in [3.05, 3.63) is 39.9 Å². The summed E-state index contributed by atoms with van der Waals surface area (Å²) in [6.45, 7) is 1.62. The summed E-state index contributed by atoms with van der Waals surface area (Å²) in [5.74, 6) is -0.330. The molecule has 0 heterocycles. The van der Waals surface area contributed by atoms with Gasteiger partial charge in [-0.3, -0.25) is 14.9 Å². The van der Waals surface area contributed by atoms with Gasteiger partial charge in [0.15, 0.2) is 0 Å². The highest BCUT2D eigenvalue weighted by Gasteiger charge is 2.11. The first-order valence-corrected chi connectivity index (χ1v) is 5.77. The molecule has 0 amide bonds. The fourth-order valence-corrected chi connectivity index (χ4v) is 1.69. The molecular weight excluding hydrogens is 325 g/mol. The Bertz CT molecular complexity index is 390. The highest BCUT2D eigenvalue weighted by atomic mass is 127. The van der Waals surface area contributed by atoms with Crippen LogP contribution in [0.1, 0.15) is 16.4 Å². The Morgan fingerprint density at radius 2 is 2.06 bits per heavy atom. The molecule has 0 fully saturated rings. The Morgan fingerprint density at radius 1 is 1.50 bits per heavy atom. The van der Waals surface area contributed by atoms with E-state index in [9.17, 15) is 14.9 Å². The second-order valence-corrected chi connectivity index (χ2v) is 4.62. The lowest BCUT2D eigenvalue weighted by atomic mass is 10.1. The van der Waals surface area contributed by atoms with E-state index in [2.05, 4.69) is 22.6 Å². The van der Waals surface area contributed by atoms with Crippen LogP contribution in [0.4, 0.5) is 5.69 Å². The van der Waals surface area contributed by atoms with E-state index < -0.39 is 4.92 Å². The number of carbonyl (C=O) groups is 1. The van der Waals surface area contributed by atoms with Crippen molar-refractivity contribution in [2.45, 2.75) is 10.8 Å². The number of ether oxygens (including phenoxy) is 1. The number of rotatable bonds is 4. The minimum Gasteiger partial charge on any atom is -0.464 e. The zero-order valence-corrected chi connectivity index (χ0v) is 10.7. The zero-order chi connectivity index (χ0) is 12.1. The summed E-state index contributed by atoms with van der Waals surface area (Å²) in [6.07, 6.45) is 0. The molecule has 6 heteroatoms. The number of benzene rings is 1. The molecule has 1 unspecified atom stereocenters. The Morgan fingerprint density at radius 3 is 2.50 bits per heavy atom. The van der Waals surface area contributed by atoms with Crippen molar-refractivity contribution in [1.29, 1.82) is 0 Å². The van der Waals surface area contributed by atoms with Gasteiger partial charge < -0.3 is 4.74 Å². The molecule has 1 atom stereocenters. The predicted molar refractivity (Wildman–Crippen MR) is 66.5 cm³/mol. The molecule has 0 spiro atoms. The van der Waals surface area contributed by atoms with E-state index in [1.807, 2.05) is 0 Å². The third-order valence-corrected chi connectivity index (χ3v) is 2.98. The first-order valence-electron chi connectivity index (χ1n) is 4.52. The van der Waals surface area contributed by atoms with Crippen LogP contribution in [0.25, 0.3) is 0 Å². The average Bonchev–Trinajstić information content (AvgIpc) is 2.26. The SMILES string of the molecule is CC(=O)OCC(I)c1ccc([N+](=O)[O-])cc1. The highest BCUT2D eigenvalue weighted by Crippen LogP contribution is 2.25. The van der Waals surface area contributed by atoms with Gasteiger partial charge in [0.1, 0.15) is 6.61 Å². The molecule has 5 nitrogen and oxygen atoms in total. The topological polar surface area (TPSA) is 69.4 Å². The number of nitro groups is 1. The maximum Gasteiger partial charge on any atom is 0.302 e.